The average molecular weight is 469 g/mol. The third-order valence-corrected chi connectivity index (χ3v) is 7.06. The van der Waals surface area contributed by atoms with E-state index in [2.05, 4.69) is 77.8 Å². The van der Waals surface area contributed by atoms with Crippen LogP contribution in [0.2, 0.25) is 0 Å². The van der Waals surface area contributed by atoms with Crippen LogP contribution in [0.5, 0.6) is 0 Å². The van der Waals surface area contributed by atoms with Crippen LogP contribution in [0.3, 0.4) is 0 Å². The van der Waals surface area contributed by atoms with E-state index in [0.717, 1.165) is 33.0 Å². The second-order valence-corrected chi connectivity index (χ2v) is 12.0. The van der Waals surface area contributed by atoms with Gasteiger partial charge in [-0.25, -0.2) is 0 Å². The highest BCUT2D eigenvalue weighted by Crippen LogP contribution is 2.42. The molecular formula is C30H32N2OS. The summed E-state index contributed by atoms with van der Waals surface area (Å²) in [4.78, 5) is 14.5. The Kier molecular flexibility index (Phi) is 6.30. The lowest BCUT2D eigenvalue weighted by molar-refractivity contribution is -0.114. The molecule has 0 amide bonds. The first-order chi connectivity index (χ1) is 15.9. The molecule has 3 nitrogen and oxygen atoms in total. The molecule has 0 saturated heterocycles. The standard InChI is InChI=1S/C30H32N2OS/c1-19-12-14-22(15-13-19)31-32-27(26-18-20-10-8-9-11-25(20)34-26)21-16-23(29(2,3)4)28(33)24(17-21)30(5,6)7/h8-18H,1-7H3. The minimum Gasteiger partial charge on any atom is -0.289 e. The van der Waals surface area contributed by atoms with E-state index in [1.807, 2.05) is 42.5 Å². The van der Waals surface area contributed by atoms with Crippen LogP contribution in [0.4, 0.5) is 5.69 Å². The van der Waals surface area contributed by atoms with E-state index in [1.165, 1.54) is 15.6 Å². The number of benzene rings is 2. The number of fused-ring (bicyclic) bond motifs is 1. The fourth-order valence-electron chi connectivity index (χ4n) is 3.95. The van der Waals surface area contributed by atoms with E-state index in [0.29, 0.717) is 0 Å². The molecule has 0 aliphatic heterocycles. The zero-order valence-electron chi connectivity index (χ0n) is 21.1. The van der Waals surface area contributed by atoms with Gasteiger partial charge in [0.25, 0.3) is 0 Å². The van der Waals surface area contributed by atoms with Crippen molar-refractivity contribution in [3.8, 4) is 0 Å². The normalized spacial score (nSPS) is 15.1. The first-order valence-corrected chi connectivity index (χ1v) is 12.5. The van der Waals surface area contributed by atoms with Crippen molar-refractivity contribution in [1.82, 2.24) is 0 Å². The number of allylic oxidation sites excluding steroid dienone is 5. The Morgan fingerprint density at radius 3 is 1.97 bits per heavy atom. The summed E-state index contributed by atoms with van der Waals surface area (Å²) in [7, 11) is 0. The Hall–Kier alpha value is -3.11. The van der Waals surface area contributed by atoms with Crippen LogP contribution in [-0.2, 0) is 4.79 Å². The van der Waals surface area contributed by atoms with Crippen molar-refractivity contribution in [1.29, 1.82) is 0 Å². The second kappa shape index (κ2) is 8.92. The molecule has 1 heterocycles. The highest BCUT2D eigenvalue weighted by molar-refractivity contribution is 7.20. The number of rotatable bonds is 3. The molecule has 0 N–H and O–H groups in total. The van der Waals surface area contributed by atoms with E-state index in [1.54, 1.807) is 11.3 Å². The van der Waals surface area contributed by atoms with Gasteiger partial charge in [-0.05, 0) is 59.6 Å². The molecule has 2 aromatic carbocycles. The van der Waals surface area contributed by atoms with E-state index in [4.69, 9.17) is 5.11 Å². The predicted octanol–water partition coefficient (Wildman–Crippen LogP) is 9.23. The number of hydrogen-bond donors (Lipinski definition) is 0. The fourth-order valence-corrected chi connectivity index (χ4v) is 5.02. The smallest absolute Gasteiger partial charge is 0.186 e. The average Bonchev–Trinajstić information content (AvgIpc) is 3.18. The molecule has 0 radical (unpaired) electrons. The number of carbonyl (C=O) groups excluding carboxylic acids is 1. The van der Waals surface area contributed by atoms with Crippen molar-refractivity contribution >= 4 is 38.6 Å². The Balaban J connectivity index is 1.98. The Morgan fingerprint density at radius 2 is 1.41 bits per heavy atom. The third kappa shape index (κ3) is 5.02. The topological polar surface area (TPSA) is 41.8 Å². The van der Waals surface area contributed by atoms with Gasteiger partial charge >= 0.3 is 0 Å². The molecule has 0 spiro atoms. The van der Waals surface area contributed by atoms with Gasteiger partial charge in [-0.2, -0.15) is 5.11 Å². The molecule has 34 heavy (non-hydrogen) atoms. The number of azo groups is 1. The fraction of sp³-hybridized carbons (Fsp3) is 0.300. The molecule has 3 aromatic rings. The highest BCUT2D eigenvalue weighted by Gasteiger charge is 2.34. The van der Waals surface area contributed by atoms with Crippen LogP contribution < -0.4 is 0 Å². The van der Waals surface area contributed by atoms with Gasteiger partial charge in [0.15, 0.2) is 5.78 Å². The van der Waals surface area contributed by atoms with Crippen molar-refractivity contribution in [2.45, 2.75) is 48.5 Å². The Labute approximate surface area is 206 Å². The number of aryl methyl sites for hydroxylation is 1. The molecule has 0 bridgehead atoms. The minimum absolute atomic E-state index is 0.120. The van der Waals surface area contributed by atoms with Crippen molar-refractivity contribution in [3.63, 3.8) is 0 Å². The highest BCUT2D eigenvalue weighted by atomic mass is 32.1. The van der Waals surface area contributed by atoms with Crippen LogP contribution in [-0.4, -0.2) is 5.78 Å². The first-order valence-electron chi connectivity index (χ1n) is 11.6. The molecule has 1 aliphatic rings. The van der Waals surface area contributed by atoms with E-state index < -0.39 is 0 Å². The number of Topliss-reactive ketones (excluding diaryl/α,β-unsaturated/α-hetero) is 1. The first kappa shape index (κ1) is 24.0. The van der Waals surface area contributed by atoms with Crippen LogP contribution in [0, 0.1) is 17.8 Å². The minimum atomic E-state index is -0.285. The van der Waals surface area contributed by atoms with E-state index >= 15 is 0 Å². The molecule has 0 atom stereocenters. The number of thiophene rings is 1. The van der Waals surface area contributed by atoms with Crippen LogP contribution in [0.1, 0.15) is 52.0 Å². The van der Waals surface area contributed by atoms with Crippen molar-refractivity contribution in [3.05, 3.63) is 93.9 Å². The summed E-state index contributed by atoms with van der Waals surface area (Å²) in [6.45, 7) is 14.6. The SMILES string of the molecule is Cc1ccc(N=NC(=C2C=C(C(C)(C)C)C(=O)C(C(C)(C)C)=C2)c2cc3ccccc3s2)cc1. The van der Waals surface area contributed by atoms with E-state index in [9.17, 15) is 4.79 Å². The zero-order valence-corrected chi connectivity index (χ0v) is 21.9. The van der Waals surface area contributed by atoms with Gasteiger partial charge in [0.1, 0.15) is 5.70 Å². The lowest BCUT2D eigenvalue weighted by atomic mass is 9.71. The molecular weight excluding hydrogens is 436 g/mol. The maximum atomic E-state index is 13.5. The largest absolute Gasteiger partial charge is 0.289 e. The quantitative estimate of drug-likeness (QED) is 0.353. The summed E-state index contributed by atoms with van der Waals surface area (Å²) in [5.74, 6) is 0.120. The maximum Gasteiger partial charge on any atom is 0.186 e. The van der Waals surface area contributed by atoms with Crippen LogP contribution >= 0.6 is 11.3 Å². The molecule has 174 valence electrons. The summed E-state index contributed by atoms with van der Waals surface area (Å²) >= 11 is 1.70. The van der Waals surface area contributed by atoms with E-state index in [-0.39, 0.29) is 16.6 Å². The summed E-state index contributed by atoms with van der Waals surface area (Å²) < 4.78 is 1.20. The van der Waals surface area contributed by atoms with Crippen molar-refractivity contribution in [2.24, 2.45) is 21.1 Å². The third-order valence-electron chi connectivity index (χ3n) is 5.94. The summed E-state index contributed by atoms with van der Waals surface area (Å²) in [6, 6.07) is 18.5. The lowest BCUT2D eigenvalue weighted by Gasteiger charge is -2.31. The number of carbonyl (C=O) groups is 1. The van der Waals surface area contributed by atoms with Gasteiger partial charge < -0.3 is 0 Å². The zero-order chi connectivity index (χ0) is 24.7. The van der Waals surface area contributed by atoms with Crippen molar-refractivity contribution in [2.75, 3.05) is 0 Å². The second-order valence-electron chi connectivity index (χ2n) is 10.9. The summed E-state index contributed by atoms with van der Waals surface area (Å²) in [5, 5.41) is 10.6. The molecule has 0 saturated carbocycles. The number of ketones is 1. The van der Waals surface area contributed by atoms with Gasteiger partial charge in [-0.1, -0.05) is 77.4 Å². The van der Waals surface area contributed by atoms with Gasteiger partial charge in [0, 0.05) is 21.4 Å². The van der Waals surface area contributed by atoms with Crippen LogP contribution in [0.15, 0.2) is 93.7 Å². The lowest BCUT2D eigenvalue weighted by Crippen LogP contribution is -2.28. The van der Waals surface area contributed by atoms with Gasteiger partial charge in [-0.3, -0.25) is 4.79 Å². The summed E-state index contributed by atoms with van der Waals surface area (Å²) in [6.07, 6.45) is 4.04. The van der Waals surface area contributed by atoms with Crippen molar-refractivity contribution < 1.29 is 4.79 Å². The Morgan fingerprint density at radius 1 is 0.824 bits per heavy atom. The molecule has 0 unspecified atom stereocenters. The number of nitrogens with zero attached hydrogens (tertiary/aromatic N) is 2. The summed E-state index contributed by atoms with van der Waals surface area (Å²) in [5.41, 5.74) is 4.74. The molecule has 4 rings (SSSR count). The molecule has 4 heteroatoms. The molecule has 1 aromatic heterocycles. The predicted molar refractivity (Wildman–Crippen MR) is 145 cm³/mol. The maximum absolute atomic E-state index is 13.5. The van der Waals surface area contributed by atoms with Gasteiger partial charge in [0.2, 0.25) is 0 Å². The monoisotopic (exact) mass is 468 g/mol. The Bertz CT molecular complexity index is 1300. The van der Waals surface area contributed by atoms with Gasteiger partial charge in [0.05, 0.1) is 10.6 Å². The molecule has 1 aliphatic carbocycles. The van der Waals surface area contributed by atoms with Crippen LogP contribution in [0.25, 0.3) is 15.8 Å². The molecule has 0 fully saturated rings. The van der Waals surface area contributed by atoms with Gasteiger partial charge in [-0.15, -0.1) is 16.5 Å². The number of hydrogen-bond acceptors (Lipinski definition) is 4.